The molecule has 0 saturated heterocycles. The standard InChI is InChI=1S/C22H19FN2O5S2/c1-29-16-5-7-18(8-6-16)32(27,28)12-10-21(26)25(14-17-3-2-11-30-17)22-24-19-9-4-15(23)13-20(19)31-22/h2-9,11,13H,10,12,14H2,1H3. The largest absolute Gasteiger partial charge is 0.497 e. The lowest BCUT2D eigenvalue weighted by atomic mass is 10.3. The fourth-order valence-electron chi connectivity index (χ4n) is 3.08. The van der Waals surface area contributed by atoms with Gasteiger partial charge in [-0.25, -0.2) is 17.8 Å². The number of carbonyl (C=O) groups excluding carboxylic acids is 1. The van der Waals surface area contributed by atoms with Gasteiger partial charge in [0, 0.05) is 6.42 Å². The highest BCUT2D eigenvalue weighted by atomic mass is 32.2. The molecule has 0 aliphatic heterocycles. The van der Waals surface area contributed by atoms with Crippen LogP contribution in [0.15, 0.2) is 70.2 Å². The normalized spacial score (nSPS) is 11.6. The number of furan rings is 1. The number of nitrogens with zero attached hydrogens (tertiary/aromatic N) is 2. The van der Waals surface area contributed by atoms with Crippen molar-refractivity contribution in [2.24, 2.45) is 0 Å². The third-order valence-corrected chi connectivity index (χ3v) is 7.54. The number of rotatable bonds is 8. The van der Waals surface area contributed by atoms with Crippen LogP contribution in [0.1, 0.15) is 12.2 Å². The Balaban J connectivity index is 1.56. The molecule has 166 valence electrons. The Hall–Kier alpha value is -3.24. The van der Waals surface area contributed by atoms with Crippen molar-refractivity contribution in [2.75, 3.05) is 17.8 Å². The van der Waals surface area contributed by atoms with Crippen molar-refractivity contribution >= 4 is 42.4 Å². The molecule has 0 aliphatic carbocycles. The van der Waals surface area contributed by atoms with Crippen molar-refractivity contribution in [3.8, 4) is 5.75 Å². The molecule has 10 heteroatoms. The van der Waals surface area contributed by atoms with Crippen LogP contribution in [0.5, 0.6) is 5.75 Å². The monoisotopic (exact) mass is 474 g/mol. The Morgan fingerprint density at radius 1 is 1.19 bits per heavy atom. The van der Waals surface area contributed by atoms with Gasteiger partial charge < -0.3 is 9.15 Å². The Kier molecular flexibility index (Phi) is 6.24. The number of benzene rings is 2. The van der Waals surface area contributed by atoms with E-state index in [4.69, 9.17) is 9.15 Å². The van der Waals surface area contributed by atoms with Crippen LogP contribution in [0.2, 0.25) is 0 Å². The van der Waals surface area contributed by atoms with E-state index in [1.54, 1.807) is 24.3 Å². The quantitative estimate of drug-likeness (QED) is 0.375. The smallest absolute Gasteiger partial charge is 0.230 e. The molecule has 1 amide bonds. The maximum atomic E-state index is 13.6. The van der Waals surface area contributed by atoms with E-state index in [1.165, 1.54) is 48.6 Å². The molecular formula is C22H19FN2O5S2. The summed E-state index contributed by atoms with van der Waals surface area (Å²) in [6, 6.07) is 13.6. The molecule has 0 N–H and O–H groups in total. The molecule has 0 fully saturated rings. The van der Waals surface area contributed by atoms with Gasteiger partial charge in [-0.15, -0.1) is 0 Å². The van der Waals surface area contributed by atoms with Crippen molar-refractivity contribution in [3.63, 3.8) is 0 Å². The maximum Gasteiger partial charge on any atom is 0.230 e. The molecule has 0 aliphatic rings. The molecule has 0 atom stereocenters. The maximum absolute atomic E-state index is 13.6. The summed E-state index contributed by atoms with van der Waals surface area (Å²) in [5.74, 6) is -0.147. The van der Waals surface area contributed by atoms with Crippen LogP contribution in [0, 0.1) is 5.82 Å². The third kappa shape index (κ3) is 4.81. The van der Waals surface area contributed by atoms with E-state index in [0.29, 0.717) is 26.9 Å². The average molecular weight is 475 g/mol. The number of halogens is 1. The van der Waals surface area contributed by atoms with Crippen LogP contribution in [-0.4, -0.2) is 32.2 Å². The third-order valence-electron chi connectivity index (χ3n) is 4.77. The lowest BCUT2D eigenvalue weighted by molar-refractivity contribution is -0.118. The Bertz CT molecular complexity index is 1330. The average Bonchev–Trinajstić information content (AvgIpc) is 3.45. The van der Waals surface area contributed by atoms with E-state index in [2.05, 4.69) is 4.98 Å². The highest BCUT2D eigenvalue weighted by molar-refractivity contribution is 7.91. The first-order valence-electron chi connectivity index (χ1n) is 9.61. The lowest BCUT2D eigenvalue weighted by Gasteiger charge is -2.18. The van der Waals surface area contributed by atoms with E-state index in [0.717, 1.165) is 11.3 Å². The number of amides is 1. The van der Waals surface area contributed by atoms with Crippen molar-refractivity contribution in [1.82, 2.24) is 4.98 Å². The summed E-state index contributed by atoms with van der Waals surface area (Å²) in [5, 5.41) is 0.342. The van der Waals surface area contributed by atoms with E-state index in [-0.39, 0.29) is 23.6 Å². The van der Waals surface area contributed by atoms with Gasteiger partial charge in [-0.3, -0.25) is 9.69 Å². The molecule has 4 aromatic rings. The van der Waals surface area contributed by atoms with Crippen LogP contribution in [-0.2, 0) is 21.2 Å². The number of carbonyl (C=O) groups is 1. The zero-order chi connectivity index (χ0) is 22.7. The van der Waals surface area contributed by atoms with Gasteiger partial charge in [0.15, 0.2) is 15.0 Å². The van der Waals surface area contributed by atoms with Gasteiger partial charge in [0.2, 0.25) is 5.91 Å². The van der Waals surface area contributed by atoms with Crippen molar-refractivity contribution in [2.45, 2.75) is 17.9 Å². The molecule has 4 rings (SSSR count). The van der Waals surface area contributed by atoms with Gasteiger partial charge in [0.1, 0.15) is 17.3 Å². The molecule has 0 unspecified atom stereocenters. The first-order valence-corrected chi connectivity index (χ1v) is 12.1. The lowest BCUT2D eigenvalue weighted by Crippen LogP contribution is -2.31. The van der Waals surface area contributed by atoms with Crippen LogP contribution in [0.4, 0.5) is 9.52 Å². The second-order valence-electron chi connectivity index (χ2n) is 6.91. The number of thiazole rings is 1. The van der Waals surface area contributed by atoms with E-state index in [1.807, 2.05) is 0 Å². The summed E-state index contributed by atoms with van der Waals surface area (Å²) >= 11 is 1.15. The summed E-state index contributed by atoms with van der Waals surface area (Å²) in [7, 11) is -2.19. The first-order chi connectivity index (χ1) is 15.4. The number of ether oxygens (including phenoxy) is 1. The number of anilines is 1. The zero-order valence-electron chi connectivity index (χ0n) is 17.0. The molecule has 32 heavy (non-hydrogen) atoms. The highest BCUT2D eigenvalue weighted by Gasteiger charge is 2.24. The van der Waals surface area contributed by atoms with Crippen LogP contribution in [0.3, 0.4) is 0 Å². The predicted octanol–water partition coefficient (Wildman–Crippen LogP) is 4.43. The summed E-state index contributed by atoms with van der Waals surface area (Å²) < 4.78 is 50.0. The number of hydrogen-bond acceptors (Lipinski definition) is 7. The Labute approximate surface area is 188 Å². The van der Waals surface area contributed by atoms with Gasteiger partial charge in [0.25, 0.3) is 0 Å². The number of hydrogen-bond donors (Lipinski definition) is 0. The number of aromatic nitrogens is 1. The Morgan fingerprint density at radius 3 is 2.66 bits per heavy atom. The second kappa shape index (κ2) is 9.09. The van der Waals surface area contributed by atoms with Gasteiger partial charge in [-0.1, -0.05) is 11.3 Å². The summed E-state index contributed by atoms with van der Waals surface area (Å²) in [6.07, 6.45) is 1.24. The summed E-state index contributed by atoms with van der Waals surface area (Å²) in [5.41, 5.74) is 0.550. The minimum Gasteiger partial charge on any atom is -0.497 e. The molecule has 2 aromatic carbocycles. The molecule has 2 aromatic heterocycles. The van der Waals surface area contributed by atoms with E-state index >= 15 is 0 Å². The molecule has 7 nitrogen and oxygen atoms in total. The van der Waals surface area contributed by atoms with E-state index < -0.39 is 21.6 Å². The first kappa shape index (κ1) is 22.0. The predicted molar refractivity (Wildman–Crippen MR) is 119 cm³/mol. The fourth-order valence-corrected chi connectivity index (χ4v) is 5.32. The van der Waals surface area contributed by atoms with Gasteiger partial charge in [0.05, 0.1) is 40.8 Å². The van der Waals surface area contributed by atoms with Gasteiger partial charge in [-0.05, 0) is 54.6 Å². The fraction of sp³-hybridized carbons (Fsp3) is 0.182. The van der Waals surface area contributed by atoms with Crippen LogP contribution in [0.25, 0.3) is 10.2 Å². The Morgan fingerprint density at radius 2 is 1.97 bits per heavy atom. The number of methoxy groups -OCH3 is 1. The van der Waals surface area contributed by atoms with Crippen LogP contribution < -0.4 is 9.64 Å². The topological polar surface area (TPSA) is 89.7 Å². The molecule has 0 spiro atoms. The number of sulfone groups is 1. The van der Waals surface area contributed by atoms with E-state index in [9.17, 15) is 17.6 Å². The molecule has 0 bridgehead atoms. The van der Waals surface area contributed by atoms with Gasteiger partial charge in [-0.2, -0.15) is 0 Å². The summed E-state index contributed by atoms with van der Waals surface area (Å²) in [4.78, 5) is 19.0. The highest BCUT2D eigenvalue weighted by Crippen LogP contribution is 2.31. The minimum absolute atomic E-state index is 0.0801. The number of fused-ring (bicyclic) bond motifs is 1. The van der Waals surface area contributed by atoms with Crippen molar-refractivity contribution in [3.05, 3.63) is 72.4 Å². The minimum atomic E-state index is -3.68. The molecule has 0 saturated carbocycles. The van der Waals surface area contributed by atoms with Gasteiger partial charge >= 0.3 is 0 Å². The van der Waals surface area contributed by atoms with Crippen molar-refractivity contribution in [1.29, 1.82) is 0 Å². The molecule has 2 heterocycles. The summed E-state index contributed by atoms with van der Waals surface area (Å²) in [6.45, 7) is 0.0801. The second-order valence-corrected chi connectivity index (χ2v) is 10.0. The SMILES string of the molecule is COc1ccc(S(=O)(=O)CCC(=O)N(Cc2ccco2)c2nc3ccc(F)cc3s2)cc1. The molecular weight excluding hydrogens is 455 g/mol. The van der Waals surface area contributed by atoms with Crippen molar-refractivity contribution < 1.29 is 26.8 Å². The zero-order valence-corrected chi connectivity index (χ0v) is 18.7. The molecule has 0 radical (unpaired) electrons. The van der Waals surface area contributed by atoms with Crippen LogP contribution >= 0.6 is 11.3 Å².